The highest BCUT2D eigenvalue weighted by Gasteiger charge is 2.08. The van der Waals surface area contributed by atoms with Crippen LogP contribution in [0.5, 0.6) is 0 Å². The number of nitrogens with zero attached hydrogens (tertiary/aromatic N) is 2. The van der Waals surface area contributed by atoms with Gasteiger partial charge in [0.1, 0.15) is 4.99 Å². The molecular formula is C13H20N4OS. The number of thiocarbonyl (C=S) groups is 1. The first-order valence-electron chi connectivity index (χ1n) is 6.36. The van der Waals surface area contributed by atoms with Crippen LogP contribution in [0.25, 0.3) is 0 Å². The number of carbonyl (C=O) groups is 1. The number of hydrogen-bond acceptors (Lipinski definition) is 4. The number of hydrogen-bond donors (Lipinski definition) is 2. The standard InChI is InChI=1S/C13H20N4OS/c1-3-17(4-2)12(18)6-8-15-10-5-7-16-11(9-10)13(14)19/h5,7,9H,3-4,6,8H2,1-2H3,(H2,14,19)(H,15,16). The minimum absolute atomic E-state index is 0.154. The normalized spacial score (nSPS) is 10.0. The summed E-state index contributed by atoms with van der Waals surface area (Å²) >= 11 is 4.87. The second-order valence-corrected chi connectivity index (χ2v) is 4.48. The van der Waals surface area contributed by atoms with Crippen LogP contribution in [0.1, 0.15) is 26.0 Å². The van der Waals surface area contributed by atoms with Crippen LogP contribution >= 0.6 is 12.2 Å². The van der Waals surface area contributed by atoms with Crippen LogP contribution in [0, 0.1) is 0 Å². The van der Waals surface area contributed by atoms with Gasteiger partial charge in [-0.2, -0.15) is 0 Å². The van der Waals surface area contributed by atoms with E-state index in [9.17, 15) is 4.79 Å². The maximum atomic E-state index is 11.8. The molecule has 1 aromatic heterocycles. The molecule has 0 radical (unpaired) electrons. The van der Waals surface area contributed by atoms with Crippen molar-refractivity contribution in [1.29, 1.82) is 0 Å². The second kappa shape index (κ2) is 7.68. The number of carbonyl (C=O) groups excluding carboxylic acids is 1. The monoisotopic (exact) mass is 280 g/mol. The molecule has 0 saturated heterocycles. The van der Waals surface area contributed by atoms with E-state index in [2.05, 4.69) is 10.3 Å². The van der Waals surface area contributed by atoms with Gasteiger partial charge in [-0.3, -0.25) is 9.78 Å². The molecule has 0 bridgehead atoms. The van der Waals surface area contributed by atoms with E-state index in [4.69, 9.17) is 18.0 Å². The number of nitrogens with two attached hydrogens (primary N) is 1. The highest BCUT2D eigenvalue weighted by Crippen LogP contribution is 2.08. The van der Waals surface area contributed by atoms with E-state index in [1.165, 1.54) is 0 Å². The van der Waals surface area contributed by atoms with Crippen molar-refractivity contribution in [2.24, 2.45) is 5.73 Å². The van der Waals surface area contributed by atoms with Gasteiger partial charge in [0, 0.05) is 37.9 Å². The molecule has 0 unspecified atom stereocenters. The van der Waals surface area contributed by atoms with Gasteiger partial charge < -0.3 is 16.0 Å². The lowest BCUT2D eigenvalue weighted by Crippen LogP contribution is -2.31. The molecule has 0 saturated carbocycles. The van der Waals surface area contributed by atoms with Crippen LogP contribution in [0.4, 0.5) is 5.69 Å². The summed E-state index contributed by atoms with van der Waals surface area (Å²) in [5.41, 5.74) is 6.96. The molecule has 0 aromatic carbocycles. The first-order chi connectivity index (χ1) is 9.08. The van der Waals surface area contributed by atoms with E-state index < -0.39 is 0 Å². The number of nitrogens with one attached hydrogen (secondary N) is 1. The SMILES string of the molecule is CCN(CC)C(=O)CCNc1ccnc(C(N)=S)c1. The van der Waals surface area contributed by atoms with Gasteiger partial charge in [0.2, 0.25) is 5.91 Å². The van der Waals surface area contributed by atoms with Gasteiger partial charge in [-0.1, -0.05) is 12.2 Å². The lowest BCUT2D eigenvalue weighted by atomic mass is 10.3. The molecule has 0 aliphatic heterocycles. The van der Waals surface area contributed by atoms with Crippen molar-refractivity contribution < 1.29 is 4.79 Å². The van der Waals surface area contributed by atoms with Gasteiger partial charge in [-0.15, -0.1) is 0 Å². The predicted octanol–water partition coefficient (Wildman–Crippen LogP) is 1.39. The van der Waals surface area contributed by atoms with Crippen LogP contribution in [0.15, 0.2) is 18.3 Å². The van der Waals surface area contributed by atoms with E-state index in [0.29, 0.717) is 18.7 Å². The van der Waals surface area contributed by atoms with E-state index in [0.717, 1.165) is 18.8 Å². The average molecular weight is 280 g/mol. The molecule has 3 N–H and O–H groups in total. The van der Waals surface area contributed by atoms with Crippen molar-refractivity contribution in [3.63, 3.8) is 0 Å². The zero-order valence-electron chi connectivity index (χ0n) is 11.3. The summed E-state index contributed by atoms with van der Waals surface area (Å²) in [6, 6.07) is 3.61. The third-order valence-corrected chi connectivity index (χ3v) is 3.01. The topological polar surface area (TPSA) is 71.2 Å². The predicted molar refractivity (Wildman–Crippen MR) is 81.2 cm³/mol. The van der Waals surface area contributed by atoms with Crippen molar-refractivity contribution in [3.05, 3.63) is 24.0 Å². The van der Waals surface area contributed by atoms with Crippen LogP contribution in [-0.2, 0) is 4.79 Å². The van der Waals surface area contributed by atoms with E-state index in [1.54, 1.807) is 12.3 Å². The smallest absolute Gasteiger partial charge is 0.224 e. The zero-order chi connectivity index (χ0) is 14.3. The minimum Gasteiger partial charge on any atom is -0.388 e. The van der Waals surface area contributed by atoms with E-state index in [1.807, 2.05) is 24.8 Å². The number of rotatable bonds is 7. The van der Waals surface area contributed by atoms with Gasteiger partial charge in [-0.05, 0) is 26.0 Å². The van der Waals surface area contributed by atoms with Gasteiger partial charge in [0.15, 0.2) is 0 Å². The Morgan fingerprint density at radius 2 is 2.16 bits per heavy atom. The molecule has 5 nitrogen and oxygen atoms in total. The summed E-state index contributed by atoms with van der Waals surface area (Å²) in [5.74, 6) is 0.154. The molecule has 1 heterocycles. The highest BCUT2D eigenvalue weighted by molar-refractivity contribution is 7.80. The summed E-state index contributed by atoms with van der Waals surface area (Å²) in [6.07, 6.45) is 2.11. The van der Waals surface area contributed by atoms with Gasteiger partial charge >= 0.3 is 0 Å². The van der Waals surface area contributed by atoms with Gasteiger partial charge in [0.05, 0.1) is 5.69 Å². The molecular weight excluding hydrogens is 260 g/mol. The fraction of sp³-hybridized carbons (Fsp3) is 0.462. The highest BCUT2D eigenvalue weighted by atomic mass is 32.1. The number of amides is 1. The first kappa shape index (κ1) is 15.4. The summed E-state index contributed by atoms with van der Waals surface area (Å²) < 4.78 is 0. The van der Waals surface area contributed by atoms with E-state index in [-0.39, 0.29) is 10.9 Å². The molecule has 104 valence electrons. The number of anilines is 1. The summed E-state index contributed by atoms with van der Waals surface area (Å²) in [5, 5.41) is 3.17. The largest absolute Gasteiger partial charge is 0.388 e. The molecule has 19 heavy (non-hydrogen) atoms. The van der Waals surface area contributed by atoms with Gasteiger partial charge in [0.25, 0.3) is 0 Å². The maximum Gasteiger partial charge on any atom is 0.224 e. The molecule has 0 fully saturated rings. The summed E-state index contributed by atoms with van der Waals surface area (Å²) in [7, 11) is 0. The van der Waals surface area contributed by atoms with Crippen LogP contribution in [0.2, 0.25) is 0 Å². The number of aromatic nitrogens is 1. The molecule has 1 aromatic rings. The quantitative estimate of drug-likeness (QED) is 0.739. The Morgan fingerprint density at radius 1 is 1.47 bits per heavy atom. The van der Waals surface area contributed by atoms with Crippen molar-refractivity contribution in [1.82, 2.24) is 9.88 Å². The first-order valence-corrected chi connectivity index (χ1v) is 6.76. The van der Waals surface area contributed by atoms with Crippen molar-refractivity contribution in [2.75, 3.05) is 25.0 Å². The van der Waals surface area contributed by atoms with Gasteiger partial charge in [-0.25, -0.2) is 0 Å². The Labute approximate surface area is 119 Å². The van der Waals surface area contributed by atoms with Crippen molar-refractivity contribution >= 4 is 28.8 Å². The molecule has 0 atom stereocenters. The Bertz CT molecular complexity index is 446. The molecule has 0 aliphatic carbocycles. The van der Waals surface area contributed by atoms with E-state index >= 15 is 0 Å². The third-order valence-electron chi connectivity index (χ3n) is 2.80. The van der Waals surface area contributed by atoms with Crippen molar-refractivity contribution in [3.8, 4) is 0 Å². The molecule has 1 rings (SSSR count). The second-order valence-electron chi connectivity index (χ2n) is 4.04. The van der Waals surface area contributed by atoms with Crippen LogP contribution < -0.4 is 11.1 Å². The maximum absolute atomic E-state index is 11.8. The Morgan fingerprint density at radius 3 is 2.74 bits per heavy atom. The van der Waals surface area contributed by atoms with Crippen LogP contribution in [-0.4, -0.2) is 40.4 Å². The lowest BCUT2D eigenvalue weighted by molar-refractivity contribution is -0.130. The summed E-state index contributed by atoms with van der Waals surface area (Å²) in [6.45, 7) is 6.03. The Kier molecular flexibility index (Phi) is 6.21. The lowest BCUT2D eigenvalue weighted by Gasteiger charge is -2.18. The molecule has 1 amide bonds. The molecule has 0 aliphatic rings. The molecule has 6 heteroatoms. The molecule has 0 spiro atoms. The number of pyridine rings is 1. The third kappa shape index (κ3) is 4.82. The Hall–Kier alpha value is -1.69. The average Bonchev–Trinajstić information content (AvgIpc) is 2.40. The fourth-order valence-corrected chi connectivity index (χ4v) is 1.84. The van der Waals surface area contributed by atoms with Crippen LogP contribution in [0.3, 0.4) is 0 Å². The fourth-order valence-electron chi connectivity index (χ4n) is 1.72. The summed E-state index contributed by atoms with van der Waals surface area (Å²) in [4.78, 5) is 17.9. The van der Waals surface area contributed by atoms with Crippen molar-refractivity contribution in [2.45, 2.75) is 20.3 Å². The minimum atomic E-state index is 0.154. The zero-order valence-corrected chi connectivity index (χ0v) is 12.2. The Balaban J connectivity index is 2.47.